The van der Waals surface area contributed by atoms with E-state index in [0.29, 0.717) is 0 Å². The minimum absolute atomic E-state index is 0. The molecule has 1 radical (unpaired) electrons. The van der Waals surface area contributed by atoms with Gasteiger partial charge in [-0.25, -0.2) is 0 Å². The summed E-state index contributed by atoms with van der Waals surface area (Å²) in [6.45, 7) is 0. The van der Waals surface area contributed by atoms with E-state index in [0.717, 1.165) is 0 Å². The summed E-state index contributed by atoms with van der Waals surface area (Å²) in [5.41, 5.74) is 0. The van der Waals surface area contributed by atoms with Crippen molar-refractivity contribution >= 4 is 149 Å². The van der Waals surface area contributed by atoms with E-state index < -0.39 is 0 Å². The van der Waals surface area contributed by atoms with Crippen LogP contribution >= 0.6 is 0 Å². The summed E-state index contributed by atoms with van der Waals surface area (Å²) in [6, 6.07) is 0. The molecular weight excluding hydrogens is 270 g/mol. The van der Waals surface area contributed by atoms with Crippen LogP contribution < -0.4 is 0 Å². The van der Waals surface area contributed by atoms with Crippen molar-refractivity contribution in [3.05, 3.63) is 0 Å². The van der Waals surface area contributed by atoms with Gasteiger partial charge in [-0.2, -0.15) is 0 Å². The van der Waals surface area contributed by atoms with Gasteiger partial charge in [0.05, 0.1) is 0 Å². The fourth-order valence-corrected chi connectivity index (χ4v) is 0. The Morgan fingerprint density at radius 1 is 1.00 bits per heavy atom. The van der Waals surface area contributed by atoms with Crippen LogP contribution in [-0.4, -0.2) is 149 Å². The zero-order chi connectivity index (χ0) is 0. The van der Waals surface area contributed by atoms with Crippen molar-refractivity contribution in [2.45, 2.75) is 0 Å². The first-order valence-electron chi connectivity index (χ1n) is 0. The van der Waals surface area contributed by atoms with Crippen LogP contribution in [-0.2, 0) is 17.1 Å². The van der Waals surface area contributed by atoms with Gasteiger partial charge in [0.2, 0.25) is 0 Å². The first kappa shape index (κ1) is 31.7. The second-order valence-corrected chi connectivity index (χ2v) is 0. The van der Waals surface area contributed by atoms with Crippen LogP contribution in [0.1, 0.15) is 0 Å². The quantitative estimate of drug-likeness (QED) is 0.417. The molecule has 21 valence electrons. The summed E-state index contributed by atoms with van der Waals surface area (Å²) in [6.07, 6.45) is 0. The monoisotopic (exact) mass is 275 g/mol. The van der Waals surface area contributed by atoms with Gasteiger partial charge in [-0.1, -0.05) is 0 Å². The summed E-state index contributed by atoms with van der Waals surface area (Å²) in [7, 11) is 0. The molecule has 5 heavy (non-hydrogen) atoms. The van der Waals surface area contributed by atoms with Crippen molar-refractivity contribution in [1.82, 2.24) is 0 Å². The summed E-state index contributed by atoms with van der Waals surface area (Å²) in [4.78, 5) is 0. The number of hydrogen-bond donors (Lipinski definition) is 0. The third-order valence-corrected chi connectivity index (χ3v) is 0. The van der Waals surface area contributed by atoms with E-state index in [2.05, 4.69) is 0 Å². The molecule has 0 N–H and O–H groups in total. The second-order valence-electron chi connectivity index (χ2n) is 0. The van der Waals surface area contributed by atoms with Crippen LogP contribution in [0.2, 0.25) is 0 Å². The number of hydrogen-bond acceptors (Lipinski definition) is 0. The predicted octanol–water partition coefficient (Wildman–Crippen LogP) is -2.86. The molecule has 0 atom stereocenters. The van der Waals surface area contributed by atoms with Crippen molar-refractivity contribution in [2.24, 2.45) is 0 Å². The van der Waals surface area contributed by atoms with Crippen molar-refractivity contribution in [3.63, 3.8) is 0 Å². The van der Waals surface area contributed by atoms with E-state index in [1.54, 1.807) is 0 Å². The SMILES string of the molecule is [BaH2].[Cu].[KH].[LiH].[NaH]. The molecule has 0 unspecified atom stereocenters. The van der Waals surface area contributed by atoms with E-state index >= 15 is 0 Å². The Bertz CT molecular complexity index is 11.6. The standard InChI is InChI=1S/Ba.Cu.K.Li.Na.5H. The Morgan fingerprint density at radius 2 is 1.00 bits per heavy atom. The molecule has 0 aliphatic carbocycles. The van der Waals surface area contributed by atoms with Gasteiger partial charge in [0, 0.05) is 17.1 Å². The van der Waals surface area contributed by atoms with Crippen molar-refractivity contribution in [1.29, 1.82) is 0 Å². The molecule has 0 aliphatic heterocycles. The number of rotatable bonds is 0. The molecule has 0 aromatic rings. The van der Waals surface area contributed by atoms with Crippen LogP contribution in [0, 0.1) is 0 Å². The van der Waals surface area contributed by atoms with E-state index in [1.807, 2.05) is 0 Å². The molecule has 0 amide bonds. The Hall–Kier alpha value is 5.32. The van der Waals surface area contributed by atoms with Gasteiger partial charge in [0.15, 0.2) is 0 Å². The predicted molar refractivity (Wildman–Crippen MR) is 30.0 cm³/mol. The molecule has 0 saturated heterocycles. The molecule has 0 aromatic heterocycles. The Morgan fingerprint density at radius 3 is 1.00 bits per heavy atom. The van der Waals surface area contributed by atoms with Crippen LogP contribution in [0.25, 0.3) is 0 Å². The first-order valence-corrected chi connectivity index (χ1v) is 0. The maximum atomic E-state index is 0. The van der Waals surface area contributed by atoms with Crippen LogP contribution in [0.4, 0.5) is 0 Å². The van der Waals surface area contributed by atoms with Crippen LogP contribution in [0.15, 0.2) is 0 Å². The fraction of sp³-hybridized carbons (Fsp3) is 0. The molecule has 0 saturated carbocycles. The average molecular weight is 275 g/mol. The van der Waals surface area contributed by atoms with Crippen molar-refractivity contribution in [2.75, 3.05) is 0 Å². The molecule has 5 heteroatoms. The zero-order valence-corrected chi connectivity index (χ0v) is 1.24. The zero-order valence-electron chi connectivity index (χ0n) is 0.302. The molecule has 0 bridgehead atoms. The minimum atomic E-state index is 0. The normalized spacial score (nSPS) is 0. The van der Waals surface area contributed by atoms with Crippen molar-refractivity contribution in [3.8, 4) is 0 Å². The molecule has 0 nitrogen and oxygen atoms in total. The average Bonchev–Trinajstić information content (AvgIpc) is 0. The summed E-state index contributed by atoms with van der Waals surface area (Å²) >= 11 is 0. The molecule has 0 fully saturated rings. The molecule has 0 heterocycles. The summed E-state index contributed by atoms with van der Waals surface area (Å²) in [5.74, 6) is 0. The van der Waals surface area contributed by atoms with Gasteiger partial charge < -0.3 is 0 Å². The Balaban J connectivity index is 0. The fourth-order valence-electron chi connectivity index (χ4n) is 0. The molecular formula is H5BaCuKLiNa. The first-order chi connectivity index (χ1) is 0. The molecule has 0 spiro atoms. The van der Waals surface area contributed by atoms with E-state index in [-0.39, 0.29) is 166 Å². The molecule has 0 aliphatic rings. The Labute approximate surface area is 160 Å². The van der Waals surface area contributed by atoms with Gasteiger partial charge in [0.25, 0.3) is 0 Å². The second kappa shape index (κ2) is 22.8. The van der Waals surface area contributed by atoms with Gasteiger partial charge >= 0.3 is 149 Å². The molecule has 0 aromatic carbocycles. The maximum absolute atomic E-state index is 0. The Kier molecular flexibility index (Phi) is 144. The third-order valence-electron chi connectivity index (χ3n) is 0. The third kappa shape index (κ3) is 17.6. The van der Waals surface area contributed by atoms with E-state index in [1.165, 1.54) is 0 Å². The van der Waals surface area contributed by atoms with Gasteiger partial charge in [-0.15, -0.1) is 0 Å². The topological polar surface area (TPSA) is 0 Å². The van der Waals surface area contributed by atoms with E-state index in [4.69, 9.17) is 0 Å². The van der Waals surface area contributed by atoms with Gasteiger partial charge in [-0.3, -0.25) is 0 Å². The van der Waals surface area contributed by atoms with Crippen molar-refractivity contribution < 1.29 is 17.1 Å². The summed E-state index contributed by atoms with van der Waals surface area (Å²) < 4.78 is 0. The van der Waals surface area contributed by atoms with E-state index in [9.17, 15) is 0 Å². The van der Waals surface area contributed by atoms with Crippen LogP contribution in [0.5, 0.6) is 0 Å². The van der Waals surface area contributed by atoms with Gasteiger partial charge in [-0.05, 0) is 0 Å². The van der Waals surface area contributed by atoms with Crippen LogP contribution in [0.3, 0.4) is 0 Å². The van der Waals surface area contributed by atoms with Gasteiger partial charge in [0.1, 0.15) is 0 Å². The molecule has 0 rings (SSSR count). The summed E-state index contributed by atoms with van der Waals surface area (Å²) in [5, 5.41) is 0.